The quantitative estimate of drug-likeness (QED) is 0.445. The van der Waals surface area contributed by atoms with Crippen LogP contribution in [0.1, 0.15) is 12.8 Å². The molecule has 0 aromatic rings. The Kier molecular flexibility index (Phi) is 1.42. The number of hydrogen-bond acceptors (Lipinski definition) is 2. The summed E-state index contributed by atoms with van der Waals surface area (Å²) in [5, 5.41) is 0. The standard InChI is InChI=1S/C5H8O2/c6-4-5-2-1-3-7-5/h4-5H,1-3H2/t5-/m1/s1. The molecular formula is C5H8O2. The third kappa shape index (κ3) is 0.996. The maximum Gasteiger partial charge on any atom is 0.148 e. The third-order valence-electron chi connectivity index (χ3n) is 1.12. The van der Waals surface area contributed by atoms with Gasteiger partial charge in [0.2, 0.25) is 0 Å². The number of carbonyl (C=O) groups excluding carboxylic acids is 1. The Bertz CT molecular complexity index is 64.5. The van der Waals surface area contributed by atoms with Gasteiger partial charge in [-0.2, -0.15) is 0 Å². The van der Waals surface area contributed by atoms with Crippen LogP contribution in [0.4, 0.5) is 0 Å². The molecule has 1 heterocycles. The molecule has 0 unspecified atom stereocenters. The molecular weight excluding hydrogens is 92.1 g/mol. The van der Waals surface area contributed by atoms with E-state index in [2.05, 4.69) is 0 Å². The molecule has 1 fully saturated rings. The van der Waals surface area contributed by atoms with Crippen LogP contribution in [0.25, 0.3) is 0 Å². The summed E-state index contributed by atoms with van der Waals surface area (Å²) in [5.74, 6) is 0. The first-order valence-corrected chi connectivity index (χ1v) is 2.50. The van der Waals surface area contributed by atoms with Crippen molar-refractivity contribution in [1.29, 1.82) is 0 Å². The fourth-order valence-corrected chi connectivity index (χ4v) is 0.710. The van der Waals surface area contributed by atoms with Crippen molar-refractivity contribution >= 4 is 6.29 Å². The number of rotatable bonds is 1. The highest BCUT2D eigenvalue weighted by atomic mass is 16.5. The Morgan fingerprint density at radius 1 is 1.71 bits per heavy atom. The minimum atomic E-state index is -0.0833. The molecule has 40 valence electrons. The Hall–Kier alpha value is -0.370. The van der Waals surface area contributed by atoms with Crippen LogP contribution in [0.5, 0.6) is 0 Å². The van der Waals surface area contributed by atoms with Gasteiger partial charge >= 0.3 is 0 Å². The summed E-state index contributed by atoms with van der Waals surface area (Å²) in [6.07, 6.45) is 2.75. The lowest BCUT2D eigenvalue weighted by Gasteiger charge is -1.93. The molecule has 1 saturated heterocycles. The monoisotopic (exact) mass is 100 g/mol. The SMILES string of the molecule is O=C[C@H]1CCCO1. The normalized spacial score (nSPS) is 30.6. The van der Waals surface area contributed by atoms with E-state index in [1.807, 2.05) is 0 Å². The maximum absolute atomic E-state index is 9.88. The van der Waals surface area contributed by atoms with Crippen molar-refractivity contribution in [2.24, 2.45) is 0 Å². The molecule has 1 aliphatic rings. The van der Waals surface area contributed by atoms with E-state index in [-0.39, 0.29) is 6.10 Å². The molecule has 0 N–H and O–H groups in total. The van der Waals surface area contributed by atoms with Crippen molar-refractivity contribution in [1.82, 2.24) is 0 Å². The Morgan fingerprint density at radius 3 is 2.86 bits per heavy atom. The Morgan fingerprint density at radius 2 is 2.57 bits per heavy atom. The summed E-state index contributed by atoms with van der Waals surface area (Å²) >= 11 is 0. The number of ether oxygens (including phenoxy) is 1. The summed E-state index contributed by atoms with van der Waals surface area (Å²) in [6.45, 7) is 0.767. The molecule has 1 atom stereocenters. The second-order valence-electron chi connectivity index (χ2n) is 1.69. The zero-order valence-corrected chi connectivity index (χ0v) is 4.09. The van der Waals surface area contributed by atoms with Crippen LogP contribution in [-0.4, -0.2) is 19.0 Å². The van der Waals surface area contributed by atoms with Gasteiger partial charge in [-0.1, -0.05) is 0 Å². The average molecular weight is 100 g/mol. The van der Waals surface area contributed by atoms with Gasteiger partial charge in [-0.3, -0.25) is 0 Å². The van der Waals surface area contributed by atoms with E-state index in [1.165, 1.54) is 0 Å². The molecule has 0 amide bonds. The largest absolute Gasteiger partial charge is 0.371 e. The summed E-state index contributed by atoms with van der Waals surface area (Å²) in [4.78, 5) is 9.88. The van der Waals surface area contributed by atoms with Gasteiger partial charge in [0.15, 0.2) is 0 Å². The van der Waals surface area contributed by atoms with Gasteiger partial charge in [0.25, 0.3) is 0 Å². The minimum absolute atomic E-state index is 0.0833. The molecule has 0 spiro atoms. The lowest BCUT2D eigenvalue weighted by atomic mass is 10.3. The summed E-state index contributed by atoms with van der Waals surface area (Å²) in [6, 6.07) is 0. The summed E-state index contributed by atoms with van der Waals surface area (Å²) in [7, 11) is 0. The number of aldehydes is 1. The van der Waals surface area contributed by atoms with Gasteiger partial charge < -0.3 is 9.53 Å². The van der Waals surface area contributed by atoms with E-state index in [9.17, 15) is 4.79 Å². The number of carbonyl (C=O) groups is 1. The second kappa shape index (κ2) is 2.07. The van der Waals surface area contributed by atoms with Crippen LogP contribution in [0.15, 0.2) is 0 Å². The van der Waals surface area contributed by atoms with E-state index in [4.69, 9.17) is 4.74 Å². The zero-order valence-electron chi connectivity index (χ0n) is 4.09. The van der Waals surface area contributed by atoms with Gasteiger partial charge in [-0.15, -0.1) is 0 Å². The van der Waals surface area contributed by atoms with Gasteiger partial charge in [-0.05, 0) is 12.8 Å². The minimum Gasteiger partial charge on any atom is -0.371 e. The maximum atomic E-state index is 9.88. The van der Waals surface area contributed by atoms with E-state index < -0.39 is 0 Å². The zero-order chi connectivity index (χ0) is 5.11. The van der Waals surface area contributed by atoms with Crippen molar-refractivity contribution in [3.05, 3.63) is 0 Å². The fraction of sp³-hybridized carbons (Fsp3) is 0.800. The van der Waals surface area contributed by atoms with E-state index in [0.29, 0.717) is 0 Å². The first-order chi connectivity index (χ1) is 3.43. The molecule has 2 nitrogen and oxygen atoms in total. The topological polar surface area (TPSA) is 26.3 Å². The smallest absolute Gasteiger partial charge is 0.148 e. The van der Waals surface area contributed by atoms with E-state index in [1.54, 1.807) is 0 Å². The van der Waals surface area contributed by atoms with Crippen LogP contribution >= 0.6 is 0 Å². The number of hydrogen-bond donors (Lipinski definition) is 0. The molecule has 0 saturated carbocycles. The van der Waals surface area contributed by atoms with Crippen LogP contribution in [-0.2, 0) is 9.53 Å². The molecule has 1 rings (SSSR count). The highest BCUT2D eigenvalue weighted by Crippen LogP contribution is 2.08. The molecule has 0 aliphatic carbocycles. The van der Waals surface area contributed by atoms with Crippen molar-refractivity contribution < 1.29 is 9.53 Å². The molecule has 7 heavy (non-hydrogen) atoms. The van der Waals surface area contributed by atoms with Crippen LogP contribution < -0.4 is 0 Å². The molecule has 0 radical (unpaired) electrons. The molecule has 2 heteroatoms. The third-order valence-corrected chi connectivity index (χ3v) is 1.12. The van der Waals surface area contributed by atoms with Gasteiger partial charge in [0.05, 0.1) is 0 Å². The highest BCUT2D eigenvalue weighted by molar-refractivity contribution is 5.56. The predicted molar refractivity (Wildman–Crippen MR) is 25.0 cm³/mol. The lowest BCUT2D eigenvalue weighted by molar-refractivity contribution is -0.115. The first-order valence-electron chi connectivity index (χ1n) is 2.50. The molecule has 0 bridgehead atoms. The molecule has 0 aromatic carbocycles. The van der Waals surface area contributed by atoms with Crippen molar-refractivity contribution in [2.75, 3.05) is 6.61 Å². The van der Waals surface area contributed by atoms with Crippen LogP contribution in [0, 0.1) is 0 Å². The highest BCUT2D eigenvalue weighted by Gasteiger charge is 2.12. The van der Waals surface area contributed by atoms with Crippen LogP contribution in [0.3, 0.4) is 0 Å². The van der Waals surface area contributed by atoms with Crippen molar-refractivity contribution in [2.45, 2.75) is 18.9 Å². The fourth-order valence-electron chi connectivity index (χ4n) is 0.710. The second-order valence-corrected chi connectivity index (χ2v) is 1.69. The van der Waals surface area contributed by atoms with Crippen molar-refractivity contribution in [3.8, 4) is 0 Å². The summed E-state index contributed by atoms with van der Waals surface area (Å²) < 4.78 is 4.93. The van der Waals surface area contributed by atoms with E-state index >= 15 is 0 Å². The molecule has 1 aliphatic heterocycles. The average Bonchev–Trinajstić information content (AvgIpc) is 2.14. The Labute approximate surface area is 42.5 Å². The van der Waals surface area contributed by atoms with E-state index in [0.717, 1.165) is 25.7 Å². The van der Waals surface area contributed by atoms with Gasteiger partial charge in [0, 0.05) is 6.61 Å². The van der Waals surface area contributed by atoms with Crippen LogP contribution in [0.2, 0.25) is 0 Å². The first kappa shape index (κ1) is 4.78. The Balaban J connectivity index is 2.26. The van der Waals surface area contributed by atoms with Gasteiger partial charge in [0.1, 0.15) is 12.4 Å². The summed E-state index contributed by atoms with van der Waals surface area (Å²) in [5.41, 5.74) is 0. The predicted octanol–water partition coefficient (Wildman–Crippen LogP) is 0.364. The van der Waals surface area contributed by atoms with Gasteiger partial charge in [-0.25, -0.2) is 0 Å². The lowest BCUT2D eigenvalue weighted by Crippen LogP contribution is -2.04. The van der Waals surface area contributed by atoms with Crippen molar-refractivity contribution in [3.63, 3.8) is 0 Å². The molecule has 0 aromatic heterocycles.